The van der Waals surface area contributed by atoms with Crippen molar-refractivity contribution in [1.82, 2.24) is 14.9 Å². The molecule has 2 unspecified atom stereocenters. The summed E-state index contributed by atoms with van der Waals surface area (Å²) in [5.41, 5.74) is 0.452. The van der Waals surface area contributed by atoms with Crippen LogP contribution in [0.2, 0.25) is 0 Å². The third-order valence-electron chi connectivity index (χ3n) is 5.05. The highest BCUT2D eigenvalue weighted by molar-refractivity contribution is 7.88. The molecule has 0 aliphatic carbocycles. The van der Waals surface area contributed by atoms with Gasteiger partial charge in [-0.2, -0.15) is 0 Å². The van der Waals surface area contributed by atoms with Gasteiger partial charge in [0.25, 0.3) is 0 Å². The van der Waals surface area contributed by atoms with Crippen LogP contribution in [0.1, 0.15) is 31.2 Å². The van der Waals surface area contributed by atoms with Crippen LogP contribution in [0, 0.1) is 11.7 Å². The van der Waals surface area contributed by atoms with E-state index < -0.39 is 15.8 Å². The minimum absolute atomic E-state index is 0.00208. The van der Waals surface area contributed by atoms with Crippen LogP contribution in [0.3, 0.4) is 0 Å². The normalized spacial score (nSPS) is 24.5. The molecule has 2 aliphatic heterocycles. The van der Waals surface area contributed by atoms with Gasteiger partial charge >= 0.3 is 0 Å². The van der Waals surface area contributed by atoms with Gasteiger partial charge in [0.05, 0.1) is 11.8 Å². The summed E-state index contributed by atoms with van der Waals surface area (Å²) < 4.78 is 40.1. The molecule has 0 saturated carbocycles. The molecule has 26 heavy (non-hydrogen) atoms. The minimum Gasteiger partial charge on any atom is -0.354 e. The molecule has 0 spiro atoms. The highest BCUT2D eigenvalue weighted by Crippen LogP contribution is 2.21. The highest BCUT2D eigenvalue weighted by Gasteiger charge is 2.30. The molecule has 3 rings (SSSR count). The second-order valence-electron chi connectivity index (χ2n) is 7.15. The first-order valence-electron chi connectivity index (χ1n) is 9.17. The Morgan fingerprint density at radius 2 is 2.15 bits per heavy atom. The molecule has 0 aromatic heterocycles. The SMILES string of the molecule is O=C(NCC1CCCN(S(=O)(=O)Cc2cccc(F)c2)C1)C1CCCN1. The van der Waals surface area contributed by atoms with Crippen LogP contribution < -0.4 is 10.6 Å². The number of piperidine rings is 1. The summed E-state index contributed by atoms with van der Waals surface area (Å²) in [7, 11) is -3.50. The van der Waals surface area contributed by atoms with Crippen molar-refractivity contribution in [3.8, 4) is 0 Å². The minimum atomic E-state index is -3.50. The number of rotatable bonds is 6. The number of carbonyl (C=O) groups is 1. The summed E-state index contributed by atoms with van der Waals surface area (Å²) in [4.78, 5) is 12.1. The molecule has 1 amide bonds. The molecule has 2 saturated heterocycles. The second kappa shape index (κ2) is 8.45. The van der Waals surface area contributed by atoms with Crippen LogP contribution in [-0.2, 0) is 20.6 Å². The summed E-state index contributed by atoms with van der Waals surface area (Å²) in [5, 5.41) is 6.11. The van der Waals surface area contributed by atoms with Crippen molar-refractivity contribution in [2.75, 3.05) is 26.2 Å². The summed E-state index contributed by atoms with van der Waals surface area (Å²) in [6.45, 7) is 2.24. The molecule has 2 N–H and O–H groups in total. The Labute approximate surface area is 154 Å². The average molecular weight is 383 g/mol. The third-order valence-corrected chi connectivity index (χ3v) is 6.87. The van der Waals surface area contributed by atoms with Crippen molar-refractivity contribution in [1.29, 1.82) is 0 Å². The highest BCUT2D eigenvalue weighted by atomic mass is 32.2. The van der Waals surface area contributed by atoms with Crippen molar-refractivity contribution < 1.29 is 17.6 Å². The first kappa shape index (κ1) is 19.3. The number of hydrogen-bond donors (Lipinski definition) is 2. The van der Waals surface area contributed by atoms with Crippen molar-refractivity contribution in [2.24, 2.45) is 5.92 Å². The maximum atomic E-state index is 13.3. The molecule has 1 aromatic rings. The monoisotopic (exact) mass is 383 g/mol. The van der Waals surface area contributed by atoms with Crippen LogP contribution in [-0.4, -0.2) is 50.9 Å². The number of benzene rings is 1. The smallest absolute Gasteiger partial charge is 0.237 e. The van der Waals surface area contributed by atoms with Gasteiger partial charge in [-0.15, -0.1) is 0 Å². The molecule has 6 nitrogen and oxygen atoms in total. The van der Waals surface area contributed by atoms with E-state index in [1.165, 1.54) is 22.5 Å². The molecule has 0 radical (unpaired) electrons. The Morgan fingerprint density at radius 3 is 2.88 bits per heavy atom. The zero-order valence-corrected chi connectivity index (χ0v) is 15.6. The standard InChI is InChI=1S/C18H26FN3O3S/c19-16-6-1-4-14(10-16)13-26(24,25)22-9-3-5-15(12-22)11-21-18(23)17-7-2-8-20-17/h1,4,6,10,15,17,20H,2-3,5,7-9,11-13H2,(H,21,23). The Bertz CT molecular complexity index is 735. The molecule has 2 fully saturated rings. The topological polar surface area (TPSA) is 78.5 Å². The molecule has 2 heterocycles. The second-order valence-corrected chi connectivity index (χ2v) is 9.12. The van der Waals surface area contributed by atoms with Crippen molar-refractivity contribution in [3.63, 3.8) is 0 Å². The molecule has 144 valence electrons. The largest absolute Gasteiger partial charge is 0.354 e. The Morgan fingerprint density at radius 1 is 1.31 bits per heavy atom. The Kier molecular flexibility index (Phi) is 6.26. The number of nitrogens with one attached hydrogen (secondary N) is 2. The van der Waals surface area contributed by atoms with E-state index in [0.29, 0.717) is 25.2 Å². The van der Waals surface area contributed by atoms with E-state index in [2.05, 4.69) is 10.6 Å². The number of sulfonamides is 1. The fourth-order valence-electron chi connectivity index (χ4n) is 3.65. The number of hydrogen-bond acceptors (Lipinski definition) is 4. The quantitative estimate of drug-likeness (QED) is 0.775. The van der Waals surface area contributed by atoms with Gasteiger partial charge in [0.2, 0.25) is 15.9 Å². The molecular formula is C18H26FN3O3S. The van der Waals surface area contributed by atoms with Crippen LogP contribution in [0.15, 0.2) is 24.3 Å². The fraction of sp³-hybridized carbons (Fsp3) is 0.611. The summed E-state index contributed by atoms with van der Waals surface area (Å²) >= 11 is 0. The van der Waals surface area contributed by atoms with Gasteiger partial charge in [0, 0.05) is 19.6 Å². The predicted octanol–water partition coefficient (Wildman–Crippen LogP) is 1.24. The van der Waals surface area contributed by atoms with Gasteiger partial charge in [0.15, 0.2) is 0 Å². The van der Waals surface area contributed by atoms with Gasteiger partial charge in [0.1, 0.15) is 5.82 Å². The van der Waals surface area contributed by atoms with E-state index in [1.54, 1.807) is 6.07 Å². The average Bonchev–Trinajstić information content (AvgIpc) is 3.14. The third kappa shape index (κ3) is 5.02. The maximum absolute atomic E-state index is 13.3. The lowest BCUT2D eigenvalue weighted by Gasteiger charge is -2.32. The lowest BCUT2D eigenvalue weighted by molar-refractivity contribution is -0.123. The molecule has 0 bridgehead atoms. The van der Waals surface area contributed by atoms with Gasteiger partial charge < -0.3 is 10.6 Å². The first-order chi connectivity index (χ1) is 12.4. The van der Waals surface area contributed by atoms with Crippen LogP contribution in [0.4, 0.5) is 4.39 Å². The van der Waals surface area contributed by atoms with E-state index in [1.807, 2.05) is 0 Å². The van der Waals surface area contributed by atoms with E-state index in [0.717, 1.165) is 32.2 Å². The van der Waals surface area contributed by atoms with Crippen LogP contribution >= 0.6 is 0 Å². The Hall–Kier alpha value is -1.51. The van der Waals surface area contributed by atoms with Gasteiger partial charge in [-0.3, -0.25) is 4.79 Å². The molecule has 2 aliphatic rings. The lowest BCUT2D eigenvalue weighted by atomic mass is 9.99. The van der Waals surface area contributed by atoms with Gasteiger partial charge in [-0.05, 0) is 55.8 Å². The summed E-state index contributed by atoms with van der Waals surface area (Å²) in [5.74, 6) is -0.522. The van der Waals surface area contributed by atoms with E-state index in [4.69, 9.17) is 0 Å². The maximum Gasteiger partial charge on any atom is 0.237 e. The van der Waals surface area contributed by atoms with Gasteiger partial charge in [-0.1, -0.05) is 12.1 Å². The Balaban J connectivity index is 1.54. The molecule has 1 aromatic carbocycles. The van der Waals surface area contributed by atoms with Crippen LogP contribution in [0.5, 0.6) is 0 Å². The summed E-state index contributed by atoms with van der Waals surface area (Å²) in [6, 6.07) is 5.58. The summed E-state index contributed by atoms with van der Waals surface area (Å²) in [6.07, 6.45) is 3.52. The van der Waals surface area contributed by atoms with Crippen LogP contribution in [0.25, 0.3) is 0 Å². The van der Waals surface area contributed by atoms with Crippen molar-refractivity contribution in [2.45, 2.75) is 37.5 Å². The van der Waals surface area contributed by atoms with Crippen molar-refractivity contribution >= 4 is 15.9 Å². The fourth-order valence-corrected chi connectivity index (χ4v) is 5.28. The zero-order valence-electron chi connectivity index (χ0n) is 14.8. The zero-order chi connectivity index (χ0) is 18.6. The molecule has 8 heteroatoms. The number of amides is 1. The number of halogens is 1. The van der Waals surface area contributed by atoms with E-state index in [-0.39, 0.29) is 23.6 Å². The predicted molar refractivity (Wildman–Crippen MR) is 97.4 cm³/mol. The molecular weight excluding hydrogens is 357 g/mol. The first-order valence-corrected chi connectivity index (χ1v) is 10.8. The number of nitrogens with zero attached hydrogens (tertiary/aromatic N) is 1. The van der Waals surface area contributed by atoms with Crippen molar-refractivity contribution in [3.05, 3.63) is 35.6 Å². The lowest BCUT2D eigenvalue weighted by Crippen LogP contribution is -2.46. The van der Waals surface area contributed by atoms with Gasteiger partial charge in [-0.25, -0.2) is 17.1 Å². The van der Waals surface area contributed by atoms with E-state index in [9.17, 15) is 17.6 Å². The number of carbonyl (C=O) groups excluding carboxylic acids is 1. The van der Waals surface area contributed by atoms with E-state index >= 15 is 0 Å². The molecule has 2 atom stereocenters.